The van der Waals surface area contributed by atoms with Crippen LogP contribution in [0.1, 0.15) is 71.1 Å². The van der Waals surface area contributed by atoms with Crippen LogP contribution in [-0.2, 0) is 4.79 Å². The topological polar surface area (TPSA) is 55.1 Å². The summed E-state index contributed by atoms with van der Waals surface area (Å²) in [6.07, 6.45) is 12.3. The zero-order chi connectivity index (χ0) is 15.1. The van der Waals surface area contributed by atoms with E-state index < -0.39 is 0 Å². The average Bonchev–Trinajstić information content (AvgIpc) is 2.50. The molecule has 2 rings (SSSR count). The third-order valence-electron chi connectivity index (χ3n) is 5.72. The average molecular weight is 294 g/mol. The van der Waals surface area contributed by atoms with Crippen molar-refractivity contribution < 1.29 is 4.79 Å². The van der Waals surface area contributed by atoms with Crippen molar-refractivity contribution in [2.24, 2.45) is 29.4 Å². The molecule has 2 aliphatic rings. The minimum atomic E-state index is 0.252. The summed E-state index contributed by atoms with van der Waals surface area (Å²) in [6.45, 7) is 4.01. The van der Waals surface area contributed by atoms with Crippen LogP contribution in [0.3, 0.4) is 0 Å². The van der Waals surface area contributed by atoms with E-state index in [2.05, 4.69) is 12.2 Å². The molecule has 3 N–H and O–H groups in total. The minimum Gasteiger partial charge on any atom is -0.356 e. The highest BCUT2D eigenvalue weighted by Crippen LogP contribution is 2.32. The predicted octanol–water partition coefficient (Wildman–Crippen LogP) is 3.47. The lowest BCUT2D eigenvalue weighted by molar-refractivity contribution is -0.126. The van der Waals surface area contributed by atoms with Gasteiger partial charge in [-0.3, -0.25) is 4.79 Å². The molecule has 0 heterocycles. The highest BCUT2D eigenvalue weighted by Gasteiger charge is 2.26. The first-order valence-corrected chi connectivity index (χ1v) is 9.16. The van der Waals surface area contributed by atoms with Gasteiger partial charge in [0.2, 0.25) is 5.91 Å². The SMILES string of the molecule is CC1CCC(CCNC(=O)C2CCCC(CCN)C2)CC1. The summed E-state index contributed by atoms with van der Waals surface area (Å²) >= 11 is 0. The van der Waals surface area contributed by atoms with Crippen LogP contribution in [0.4, 0.5) is 0 Å². The molecule has 21 heavy (non-hydrogen) atoms. The van der Waals surface area contributed by atoms with Gasteiger partial charge in [0.1, 0.15) is 0 Å². The van der Waals surface area contributed by atoms with E-state index in [1.165, 1.54) is 44.9 Å². The van der Waals surface area contributed by atoms with Crippen molar-refractivity contribution in [1.29, 1.82) is 0 Å². The maximum Gasteiger partial charge on any atom is 0.223 e. The molecule has 3 nitrogen and oxygen atoms in total. The molecule has 2 aliphatic carbocycles. The number of nitrogens with two attached hydrogens (primary N) is 1. The van der Waals surface area contributed by atoms with Gasteiger partial charge in [-0.2, -0.15) is 0 Å². The molecule has 0 radical (unpaired) electrons. The maximum absolute atomic E-state index is 12.3. The summed E-state index contributed by atoms with van der Waals surface area (Å²) in [5, 5.41) is 3.20. The molecule has 3 heteroatoms. The summed E-state index contributed by atoms with van der Waals surface area (Å²) in [5.74, 6) is 3.00. The van der Waals surface area contributed by atoms with Gasteiger partial charge in [-0.15, -0.1) is 0 Å². The molecule has 2 fully saturated rings. The maximum atomic E-state index is 12.3. The van der Waals surface area contributed by atoms with E-state index in [4.69, 9.17) is 5.73 Å². The van der Waals surface area contributed by atoms with Crippen LogP contribution in [0.15, 0.2) is 0 Å². The van der Waals surface area contributed by atoms with Gasteiger partial charge in [-0.25, -0.2) is 0 Å². The molecule has 0 spiro atoms. The van der Waals surface area contributed by atoms with E-state index in [1.807, 2.05) is 0 Å². The first-order chi connectivity index (χ1) is 10.2. The van der Waals surface area contributed by atoms with Gasteiger partial charge in [0.05, 0.1) is 0 Å². The zero-order valence-corrected chi connectivity index (χ0v) is 13.8. The number of nitrogens with one attached hydrogen (secondary N) is 1. The normalized spacial score (nSPS) is 33.6. The quantitative estimate of drug-likeness (QED) is 0.788. The van der Waals surface area contributed by atoms with Crippen LogP contribution in [-0.4, -0.2) is 19.0 Å². The fraction of sp³-hybridized carbons (Fsp3) is 0.944. The van der Waals surface area contributed by atoms with Gasteiger partial charge in [0.15, 0.2) is 0 Å². The van der Waals surface area contributed by atoms with Gasteiger partial charge >= 0.3 is 0 Å². The lowest BCUT2D eigenvalue weighted by atomic mass is 9.79. The summed E-state index contributed by atoms with van der Waals surface area (Å²) in [6, 6.07) is 0. The zero-order valence-electron chi connectivity index (χ0n) is 13.8. The summed E-state index contributed by atoms with van der Waals surface area (Å²) in [4.78, 5) is 12.3. The third kappa shape index (κ3) is 5.61. The molecule has 2 saturated carbocycles. The molecule has 2 atom stereocenters. The van der Waals surface area contributed by atoms with Crippen LogP contribution in [0.25, 0.3) is 0 Å². The van der Waals surface area contributed by atoms with Gasteiger partial charge in [-0.1, -0.05) is 45.4 Å². The van der Waals surface area contributed by atoms with Gasteiger partial charge in [0.25, 0.3) is 0 Å². The highest BCUT2D eigenvalue weighted by atomic mass is 16.1. The Morgan fingerprint density at radius 2 is 1.81 bits per heavy atom. The largest absolute Gasteiger partial charge is 0.356 e. The molecule has 2 unspecified atom stereocenters. The van der Waals surface area contributed by atoms with Gasteiger partial charge in [-0.05, 0) is 50.0 Å². The number of carbonyl (C=O) groups is 1. The number of amides is 1. The second-order valence-corrected chi connectivity index (χ2v) is 7.51. The molecule has 1 amide bonds. The summed E-state index contributed by atoms with van der Waals surface area (Å²) in [7, 11) is 0. The van der Waals surface area contributed by atoms with Crippen molar-refractivity contribution in [3.8, 4) is 0 Å². The fourth-order valence-corrected chi connectivity index (χ4v) is 4.19. The third-order valence-corrected chi connectivity index (χ3v) is 5.72. The van der Waals surface area contributed by atoms with E-state index in [0.29, 0.717) is 11.8 Å². The van der Waals surface area contributed by atoms with Crippen molar-refractivity contribution in [3.05, 3.63) is 0 Å². The Labute approximate surface area is 130 Å². The Morgan fingerprint density at radius 3 is 2.52 bits per heavy atom. The molecule has 122 valence electrons. The lowest BCUT2D eigenvalue weighted by Crippen LogP contribution is -2.35. The fourth-order valence-electron chi connectivity index (χ4n) is 4.19. The predicted molar refractivity (Wildman–Crippen MR) is 87.9 cm³/mol. The smallest absolute Gasteiger partial charge is 0.223 e. The second-order valence-electron chi connectivity index (χ2n) is 7.51. The Kier molecular flexibility index (Phi) is 7.01. The van der Waals surface area contributed by atoms with Crippen molar-refractivity contribution >= 4 is 5.91 Å². The second kappa shape index (κ2) is 8.77. The Balaban J connectivity index is 1.62. The van der Waals surface area contributed by atoms with Crippen molar-refractivity contribution in [3.63, 3.8) is 0 Å². The standard InChI is InChI=1S/C18H34N2O/c1-14-5-7-15(8-6-14)10-12-20-18(21)17-4-2-3-16(13-17)9-11-19/h14-17H,2-13,19H2,1H3,(H,20,21). The number of rotatable bonds is 6. The molecular weight excluding hydrogens is 260 g/mol. The van der Waals surface area contributed by atoms with Gasteiger partial charge < -0.3 is 11.1 Å². The summed E-state index contributed by atoms with van der Waals surface area (Å²) in [5.41, 5.74) is 5.65. The summed E-state index contributed by atoms with van der Waals surface area (Å²) < 4.78 is 0. The lowest BCUT2D eigenvalue weighted by Gasteiger charge is -2.29. The number of hydrogen-bond donors (Lipinski definition) is 2. The van der Waals surface area contributed by atoms with Crippen LogP contribution < -0.4 is 11.1 Å². The van der Waals surface area contributed by atoms with Crippen LogP contribution in [0, 0.1) is 23.7 Å². The van der Waals surface area contributed by atoms with E-state index >= 15 is 0 Å². The van der Waals surface area contributed by atoms with Crippen molar-refractivity contribution in [2.45, 2.75) is 71.1 Å². The van der Waals surface area contributed by atoms with Crippen LogP contribution in [0.5, 0.6) is 0 Å². The van der Waals surface area contributed by atoms with E-state index in [1.54, 1.807) is 0 Å². The van der Waals surface area contributed by atoms with E-state index in [9.17, 15) is 4.79 Å². The number of carbonyl (C=O) groups excluding carboxylic acids is 1. The molecular formula is C18H34N2O. The molecule has 0 aliphatic heterocycles. The minimum absolute atomic E-state index is 0.252. The Morgan fingerprint density at radius 1 is 1.05 bits per heavy atom. The molecule has 0 aromatic rings. The Bertz CT molecular complexity index is 308. The first-order valence-electron chi connectivity index (χ1n) is 9.16. The van der Waals surface area contributed by atoms with Crippen molar-refractivity contribution in [1.82, 2.24) is 5.32 Å². The van der Waals surface area contributed by atoms with Crippen LogP contribution in [0.2, 0.25) is 0 Å². The highest BCUT2D eigenvalue weighted by molar-refractivity contribution is 5.78. The van der Waals surface area contributed by atoms with Crippen molar-refractivity contribution in [2.75, 3.05) is 13.1 Å². The van der Waals surface area contributed by atoms with Gasteiger partial charge in [0, 0.05) is 12.5 Å². The first kappa shape index (κ1) is 16.8. The van der Waals surface area contributed by atoms with E-state index in [0.717, 1.165) is 44.2 Å². The van der Waals surface area contributed by atoms with E-state index in [-0.39, 0.29) is 5.92 Å². The number of hydrogen-bond acceptors (Lipinski definition) is 2. The molecule has 0 aromatic carbocycles. The Hall–Kier alpha value is -0.570. The molecule has 0 bridgehead atoms. The molecule has 0 saturated heterocycles. The molecule has 0 aromatic heterocycles. The monoisotopic (exact) mass is 294 g/mol. The van der Waals surface area contributed by atoms with Crippen LogP contribution >= 0.6 is 0 Å².